The van der Waals surface area contributed by atoms with Gasteiger partial charge in [0.2, 0.25) is 5.91 Å². The van der Waals surface area contributed by atoms with Crippen molar-refractivity contribution < 1.29 is 4.79 Å². The van der Waals surface area contributed by atoms with E-state index in [-0.39, 0.29) is 18.0 Å². The van der Waals surface area contributed by atoms with Gasteiger partial charge < -0.3 is 4.90 Å². The number of carbonyl (C=O) groups excluding carboxylic acids is 1. The van der Waals surface area contributed by atoms with E-state index < -0.39 is 0 Å². The minimum atomic E-state index is -0.245. The van der Waals surface area contributed by atoms with Crippen LogP contribution in [0.4, 0.5) is 0 Å². The summed E-state index contributed by atoms with van der Waals surface area (Å²) in [6, 6.07) is 14.7. The number of fused-ring (bicyclic) bond motifs is 1. The summed E-state index contributed by atoms with van der Waals surface area (Å²) < 4.78 is 1.28. The molecule has 1 amide bonds. The van der Waals surface area contributed by atoms with Gasteiger partial charge in [0.1, 0.15) is 6.54 Å². The maximum absolute atomic E-state index is 12.8. The Morgan fingerprint density at radius 3 is 2.35 bits per heavy atom. The van der Waals surface area contributed by atoms with Crippen LogP contribution < -0.4 is 5.56 Å². The van der Waals surface area contributed by atoms with Crippen molar-refractivity contribution in [3.63, 3.8) is 0 Å². The van der Waals surface area contributed by atoms with Gasteiger partial charge in [-0.25, -0.2) is 4.68 Å². The topological polar surface area (TPSA) is 55.2 Å². The van der Waals surface area contributed by atoms with Gasteiger partial charge in [0, 0.05) is 29.1 Å². The summed E-state index contributed by atoms with van der Waals surface area (Å²) in [6.07, 6.45) is 2.03. The number of halogens is 1. The second-order valence-electron chi connectivity index (χ2n) is 6.45. The molecule has 1 aliphatic heterocycles. The van der Waals surface area contributed by atoms with E-state index in [2.05, 4.69) is 5.10 Å². The fourth-order valence-electron chi connectivity index (χ4n) is 3.36. The normalized spacial score (nSPS) is 14.1. The molecule has 132 valence electrons. The standard InChI is InChI=1S/C20H18ClN3O2/c21-15-9-7-14(8-10-15)19-16-5-1-2-6-17(16)20(26)24(22-19)13-18(25)23-11-3-4-12-23/h1-2,5-10H,3-4,11-13H2. The van der Waals surface area contributed by atoms with Crippen LogP contribution in [0, 0.1) is 0 Å². The zero-order valence-corrected chi connectivity index (χ0v) is 14.9. The van der Waals surface area contributed by atoms with Crippen molar-refractivity contribution in [2.45, 2.75) is 19.4 Å². The number of amides is 1. The predicted molar refractivity (Wildman–Crippen MR) is 102 cm³/mol. The Morgan fingerprint density at radius 2 is 1.65 bits per heavy atom. The number of likely N-dealkylation sites (tertiary alicyclic amines) is 1. The van der Waals surface area contributed by atoms with Gasteiger partial charge in [-0.1, -0.05) is 41.9 Å². The fraction of sp³-hybridized carbons (Fsp3) is 0.250. The average molecular weight is 368 g/mol. The van der Waals surface area contributed by atoms with Gasteiger partial charge in [0.25, 0.3) is 5.56 Å². The highest BCUT2D eigenvalue weighted by Gasteiger charge is 2.20. The van der Waals surface area contributed by atoms with E-state index in [1.165, 1.54) is 4.68 Å². The third-order valence-corrected chi connectivity index (χ3v) is 4.98. The van der Waals surface area contributed by atoms with E-state index in [0.29, 0.717) is 16.1 Å². The monoisotopic (exact) mass is 367 g/mol. The van der Waals surface area contributed by atoms with Crippen molar-refractivity contribution in [3.8, 4) is 11.3 Å². The average Bonchev–Trinajstić information content (AvgIpc) is 3.20. The quantitative estimate of drug-likeness (QED) is 0.713. The number of carbonyl (C=O) groups is 1. The van der Waals surface area contributed by atoms with E-state index in [1.807, 2.05) is 30.3 Å². The van der Waals surface area contributed by atoms with Gasteiger partial charge in [-0.15, -0.1) is 0 Å². The molecule has 2 aromatic carbocycles. The van der Waals surface area contributed by atoms with Crippen LogP contribution >= 0.6 is 11.6 Å². The van der Waals surface area contributed by atoms with Crippen LogP contribution in [-0.2, 0) is 11.3 Å². The molecule has 0 saturated carbocycles. The Morgan fingerprint density at radius 1 is 1.00 bits per heavy atom. The SMILES string of the molecule is O=C(Cn1nc(-c2ccc(Cl)cc2)c2ccccc2c1=O)N1CCCC1. The molecule has 1 aliphatic rings. The zero-order chi connectivity index (χ0) is 18.1. The van der Waals surface area contributed by atoms with Crippen LogP contribution in [0.3, 0.4) is 0 Å². The highest BCUT2D eigenvalue weighted by Crippen LogP contribution is 2.25. The number of aromatic nitrogens is 2. The van der Waals surface area contributed by atoms with Crippen molar-refractivity contribution in [1.29, 1.82) is 0 Å². The Labute approximate surface area is 155 Å². The minimum Gasteiger partial charge on any atom is -0.341 e. The molecule has 26 heavy (non-hydrogen) atoms. The molecule has 1 saturated heterocycles. The van der Waals surface area contributed by atoms with Gasteiger partial charge in [-0.2, -0.15) is 5.10 Å². The molecule has 0 aliphatic carbocycles. The van der Waals surface area contributed by atoms with Gasteiger partial charge in [-0.3, -0.25) is 9.59 Å². The smallest absolute Gasteiger partial charge is 0.275 e. The molecular formula is C20H18ClN3O2. The highest BCUT2D eigenvalue weighted by molar-refractivity contribution is 6.30. The molecule has 3 aromatic rings. The van der Waals surface area contributed by atoms with Gasteiger partial charge in [0.15, 0.2) is 0 Å². The van der Waals surface area contributed by atoms with E-state index in [9.17, 15) is 9.59 Å². The summed E-state index contributed by atoms with van der Waals surface area (Å²) in [4.78, 5) is 27.1. The summed E-state index contributed by atoms with van der Waals surface area (Å²) in [7, 11) is 0. The first-order chi connectivity index (χ1) is 12.6. The first-order valence-corrected chi connectivity index (χ1v) is 9.05. The van der Waals surface area contributed by atoms with E-state index in [0.717, 1.165) is 36.9 Å². The third-order valence-electron chi connectivity index (χ3n) is 4.73. The van der Waals surface area contributed by atoms with Crippen molar-refractivity contribution in [1.82, 2.24) is 14.7 Å². The van der Waals surface area contributed by atoms with Gasteiger partial charge >= 0.3 is 0 Å². The largest absolute Gasteiger partial charge is 0.341 e. The fourth-order valence-corrected chi connectivity index (χ4v) is 3.48. The molecule has 5 nitrogen and oxygen atoms in total. The molecular weight excluding hydrogens is 350 g/mol. The van der Waals surface area contributed by atoms with Crippen LogP contribution in [0.2, 0.25) is 5.02 Å². The Kier molecular flexibility index (Phi) is 4.47. The van der Waals surface area contributed by atoms with Gasteiger partial charge in [-0.05, 0) is 31.0 Å². The summed E-state index contributed by atoms with van der Waals surface area (Å²) in [5.41, 5.74) is 1.28. The molecule has 1 fully saturated rings. The Bertz CT molecular complexity index is 1020. The van der Waals surface area contributed by atoms with Crippen LogP contribution in [0.15, 0.2) is 53.3 Å². The summed E-state index contributed by atoms with van der Waals surface area (Å²) in [5.74, 6) is -0.0607. The lowest BCUT2D eigenvalue weighted by Gasteiger charge is -2.16. The molecule has 6 heteroatoms. The zero-order valence-electron chi connectivity index (χ0n) is 14.2. The molecule has 2 heterocycles. The van der Waals surface area contributed by atoms with Crippen LogP contribution in [0.1, 0.15) is 12.8 Å². The van der Waals surface area contributed by atoms with E-state index in [1.54, 1.807) is 23.1 Å². The lowest BCUT2D eigenvalue weighted by Crippen LogP contribution is -2.35. The highest BCUT2D eigenvalue weighted by atomic mass is 35.5. The number of benzene rings is 2. The molecule has 4 rings (SSSR count). The number of nitrogens with zero attached hydrogens (tertiary/aromatic N) is 3. The van der Waals surface area contributed by atoms with Crippen LogP contribution in [0.5, 0.6) is 0 Å². The van der Waals surface area contributed by atoms with Crippen molar-refractivity contribution >= 4 is 28.3 Å². The first-order valence-electron chi connectivity index (χ1n) is 8.67. The van der Waals surface area contributed by atoms with Crippen LogP contribution in [-0.4, -0.2) is 33.7 Å². The number of hydrogen-bond acceptors (Lipinski definition) is 3. The molecule has 1 aromatic heterocycles. The van der Waals surface area contributed by atoms with E-state index in [4.69, 9.17) is 11.6 Å². The molecule has 0 atom stereocenters. The van der Waals surface area contributed by atoms with Crippen molar-refractivity contribution in [2.75, 3.05) is 13.1 Å². The molecule has 0 unspecified atom stereocenters. The molecule has 0 bridgehead atoms. The summed E-state index contributed by atoms with van der Waals surface area (Å²) in [5, 5.41) is 6.49. The maximum Gasteiger partial charge on any atom is 0.275 e. The molecule has 0 spiro atoms. The second-order valence-corrected chi connectivity index (χ2v) is 6.89. The van der Waals surface area contributed by atoms with Crippen LogP contribution in [0.25, 0.3) is 22.0 Å². The minimum absolute atomic E-state index is 0.0374. The number of hydrogen-bond donors (Lipinski definition) is 0. The van der Waals surface area contributed by atoms with E-state index >= 15 is 0 Å². The first kappa shape index (κ1) is 16.8. The molecule has 0 N–H and O–H groups in total. The maximum atomic E-state index is 12.8. The lowest BCUT2D eigenvalue weighted by molar-refractivity contribution is -0.131. The second kappa shape index (κ2) is 6.92. The number of rotatable bonds is 3. The predicted octanol–water partition coefficient (Wildman–Crippen LogP) is 3.34. The lowest BCUT2D eigenvalue weighted by atomic mass is 10.1. The summed E-state index contributed by atoms with van der Waals surface area (Å²) >= 11 is 5.99. The van der Waals surface area contributed by atoms with Crippen molar-refractivity contribution in [2.24, 2.45) is 0 Å². The molecule has 0 radical (unpaired) electrons. The Balaban J connectivity index is 1.83. The van der Waals surface area contributed by atoms with Gasteiger partial charge in [0.05, 0.1) is 11.1 Å². The summed E-state index contributed by atoms with van der Waals surface area (Å²) in [6.45, 7) is 1.47. The van der Waals surface area contributed by atoms with Crippen molar-refractivity contribution in [3.05, 3.63) is 63.9 Å². The Hall–Kier alpha value is -2.66. The third kappa shape index (κ3) is 3.10.